The van der Waals surface area contributed by atoms with Crippen molar-refractivity contribution in [2.24, 2.45) is 5.11 Å². The zero-order valence-corrected chi connectivity index (χ0v) is 15.4. The highest BCUT2D eigenvalue weighted by molar-refractivity contribution is 6.12. The van der Waals surface area contributed by atoms with E-state index in [-0.39, 0.29) is 11.8 Å². The first kappa shape index (κ1) is 20.0. The van der Waals surface area contributed by atoms with Gasteiger partial charge in [0.1, 0.15) is 5.82 Å². The van der Waals surface area contributed by atoms with Gasteiger partial charge in [0.25, 0.3) is 0 Å². The molecule has 0 aliphatic carbocycles. The van der Waals surface area contributed by atoms with Gasteiger partial charge in [0, 0.05) is 36.5 Å². The van der Waals surface area contributed by atoms with E-state index in [1.54, 1.807) is 0 Å². The molecule has 0 N–H and O–H groups in total. The Morgan fingerprint density at radius 2 is 1.85 bits per heavy atom. The third kappa shape index (κ3) is 4.87. The molecule has 0 spiro atoms. The zero-order valence-electron chi connectivity index (χ0n) is 15.4. The molecule has 0 aliphatic rings. The van der Waals surface area contributed by atoms with Gasteiger partial charge in [-0.2, -0.15) is 0 Å². The summed E-state index contributed by atoms with van der Waals surface area (Å²) in [6.07, 6.45) is 0.410. The van der Waals surface area contributed by atoms with Crippen LogP contribution in [0.1, 0.15) is 26.3 Å². The minimum Gasteiger partial charge on any atom is -0.381 e. The maximum absolute atomic E-state index is 11.9. The van der Waals surface area contributed by atoms with Crippen LogP contribution in [0.2, 0.25) is 0 Å². The fourth-order valence-electron chi connectivity index (χ4n) is 2.57. The summed E-state index contributed by atoms with van der Waals surface area (Å²) in [5, 5.41) is 3.66. The number of amides is 2. The molecule has 0 fully saturated rings. The number of hydrogen-bond donors (Lipinski definition) is 0. The van der Waals surface area contributed by atoms with E-state index in [4.69, 9.17) is 10.3 Å². The summed E-state index contributed by atoms with van der Waals surface area (Å²) in [5.74, 6) is -1.13. The molecule has 2 aromatic rings. The summed E-state index contributed by atoms with van der Waals surface area (Å²) < 4.78 is 5.41. The highest BCUT2D eigenvalue weighted by atomic mass is 16.5. The van der Waals surface area contributed by atoms with Gasteiger partial charge in [0.2, 0.25) is 17.8 Å². The van der Waals surface area contributed by atoms with Gasteiger partial charge in [0.05, 0.1) is 12.3 Å². The average Bonchev–Trinajstić information content (AvgIpc) is 2.63. The highest BCUT2D eigenvalue weighted by Gasteiger charge is 2.23. The molecule has 0 atom stereocenters. The lowest BCUT2D eigenvalue weighted by Crippen LogP contribution is -2.34. The van der Waals surface area contributed by atoms with Crippen molar-refractivity contribution in [2.75, 3.05) is 18.1 Å². The second kappa shape index (κ2) is 9.42. The van der Waals surface area contributed by atoms with Crippen LogP contribution in [-0.2, 0) is 20.7 Å². The first-order chi connectivity index (χ1) is 13.0. The smallest absolute Gasteiger partial charge is 0.240 e. The van der Waals surface area contributed by atoms with Gasteiger partial charge in [-0.3, -0.25) is 9.59 Å². The van der Waals surface area contributed by atoms with Crippen LogP contribution < -0.4 is 4.90 Å². The van der Waals surface area contributed by atoms with Crippen LogP contribution >= 0.6 is 0 Å². The summed E-state index contributed by atoms with van der Waals surface area (Å²) in [6.45, 7) is 5.28. The lowest BCUT2D eigenvalue weighted by atomic mass is 10.0. The largest absolute Gasteiger partial charge is 0.381 e. The van der Waals surface area contributed by atoms with Gasteiger partial charge in [-0.25, -0.2) is 14.9 Å². The van der Waals surface area contributed by atoms with Crippen molar-refractivity contribution < 1.29 is 14.3 Å². The molecular formula is C18H20N6O3. The zero-order chi connectivity index (χ0) is 19.8. The number of carbonyl (C=O) groups excluding carboxylic acids is 2. The van der Waals surface area contributed by atoms with E-state index in [9.17, 15) is 9.59 Å². The Bertz CT molecular complexity index is 864. The van der Waals surface area contributed by atoms with Gasteiger partial charge in [-0.15, -0.1) is 0 Å². The minimum absolute atomic E-state index is 0.0635. The van der Waals surface area contributed by atoms with E-state index >= 15 is 0 Å². The Hall–Kier alpha value is -3.29. The van der Waals surface area contributed by atoms with Gasteiger partial charge >= 0.3 is 0 Å². The van der Waals surface area contributed by atoms with Gasteiger partial charge in [0.15, 0.2) is 0 Å². The van der Waals surface area contributed by atoms with Gasteiger partial charge in [-0.1, -0.05) is 30.3 Å². The number of rotatable bonds is 7. The van der Waals surface area contributed by atoms with E-state index in [1.807, 2.05) is 37.3 Å². The number of anilines is 1. The molecule has 2 rings (SSSR count). The van der Waals surface area contributed by atoms with E-state index in [1.165, 1.54) is 13.8 Å². The quantitative estimate of drug-likeness (QED) is 0.320. The third-order valence-corrected chi connectivity index (χ3v) is 3.69. The number of imide groups is 1. The molecule has 1 heterocycles. The number of carbonyl (C=O) groups is 2. The fourth-order valence-corrected chi connectivity index (χ4v) is 2.57. The van der Waals surface area contributed by atoms with E-state index < -0.39 is 11.8 Å². The van der Waals surface area contributed by atoms with Crippen LogP contribution in [-0.4, -0.2) is 35.0 Å². The highest BCUT2D eigenvalue weighted by Crippen LogP contribution is 2.31. The summed E-state index contributed by atoms with van der Waals surface area (Å²) in [4.78, 5) is 36.1. The lowest BCUT2D eigenvalue weighted by molar-refractivity contribution is -0.124. The first-order valence-electron chi connectivity index (χ1n) is 8.40. The van der Waals surface area contributed by atoms with Gasteiger partial charge in [-0.05, 0) is 24.0 Å². The molecule has 1 aromatic carbocycles. The van der Waals surface area contributed by atoms with E-state index in [2.05, 4.69) is 20.0 Å². The van der Waals surface area contributed by atoms with Crippen molar-refractivity contribution in [3.05, 3.63) is 46.3 Å². The standard InChI is InChI=1S/C18H20N6O3/c1-4-27-11-10-15-16(14-8-6-5-7-9-14)20-18(21-17(15)22-23-19)24(12(2)25)13(3)26/h5-9H,4,10-11H2,1-3H3. The number of nitrogens with zero attached hydrogens (tertiary/aromatic N) is 6. The molecule has 0 aliphatic heterocycles. The molecule has 27 heavy (non-hydrogen) atoms. The second-order valence-electron chi connectivity index (χ2n) is 5.55. The van der Waals surface area contributed by atoms with Crippen molar-refractivity contribution in [3.8, 4) is 11.3 Å². The molecule has 0 bridgehead atoms. The Morgan fingerprint density at radius 3 is 2.41 bits per heavy atom. The summed E-state index contributed by atoms with van der Waals surface area (Å²) >= 11 is 0. The molecule has 0 radical (unpaired) electrons. The van der Waals surface area contributed by atoms with Crippen molar-refractivity contribution in [2.45, 2.75) is 27.2 Å². The Morgan fingerprint density at radius 1 is 1.19 bits per heavy atom. The SMILES string of the molecule is CCOCCc1c(N=[N+]=[N-])nc(N(C(C)=O)C(C)=O)nc1-c1ccccc1. The Labute approximate surface area is 156 Å². The molecule has 0 saturated carbocycles. The predicted molar refractivity (Wildman–Crippen MR) is 100 cm³/mol. The number of azide groups is 1. The number of benzene rings is 1. The van der Waals surface area contributed by atoms with Crippen LogP contribution in [0.5, 0.6) is 0 Å². The average molecular weight is 368 g/mol. The van der Waals surface area contributed by atoms with Crippen molar-refractivity contribution >= 4 is 23.6 Å². The van der Waals surface area contributed by atoms with E-state index in [0.717, 1.165) is 10.5 Å². The maximum atomic E-state index is 11.9. The number of ether oxygens (including phenoxy) is 1. The molecule has 9 heteroatoms. The number of hydrogen-bond acceptors (Lipinski definition) is 6. The Balaban J connectivity index is 2.72. The molecule has 0 saturated heterocycles. The second-order valence-corrected chi connectivity index (χ2v) is 5.55. The minimum atomic E-state index is -0.532. The summed E-state index contributed by atoms with van der Waals surface area (Å²) in [6, 6.07) is 9.20. The van der Waals surface area contributed by atoms with Crippen LogP contribution in [0.3, 0.4) is 0 Å². The first-order valence-corrected chi connectivity index (χ1v) is 8.40. The molecule has 9 nitrogen and oxygen atoms in total. The predicted octanol–water partition coefficient (Wildman–Crippen LogP) is 3.56. The molecule has 0 unspecified atom stereocenters. The molecular weight excluding hydrogens is 348 g/mol. The fraction of sp³-hybridized carbons (Fsp3) is 0.333. The molecule has 2 amide bonds. The van der Waals surface area contributed by atoms with Crippen molar-refractivity contribution in [1.82, 2.24) is 9.97 Å². The van der Waals surface area contributed by atoms with Crippen LogP contribution in [0.4, 0.5) is 11.8 Å². The van der Waals surface area contributed by atoms with Crippen LogP contribution in [0.15, 0.2) is 35.4 Å². The number of aromatic nitrogens is 2. The van der Waals surface area contributed by atoms with Crippen molar-refractivity contribution in [3.63, 3.8) is 0 Å². The normalized spacial score (nSPS) is 10.2. The van der Waals surface area contributed by atoms with Crippen LogP contribution in [0.25, 0.3) is 21.7 Å². The van der Waals surface area contributed by atoms with E-state index in [0.29, 0.717) is 30.9 Å². The lowest BCUT2D eigenvalue weighted by Gasteiger charge is -2.19. The molecule has 1 aromatic heterocycles. The summed E-state index contributed by atoms with van der Waals surface area (Å²) in [7, 11) is 0. The van der Waals surface area contributed by atoms with Crippen molar-refractivity contribution in [1.29, 1.82) is 0 Å². The third-order valence-electron chi connectivity index (χ3n) is 3.69. The summed E-state index contributed by atoms with van der Waals surface area (Å²) in [5.41, 5.74) is 10.8. The Kier molecular flexibility index (Phi) is 6.99. The van der Waals surface area contributed by atoms with Crippen LogP contribution in [0, 0.1) is 0 Å². The monoisotopic (exact) mass is 368 g/mol. The topological polar surface area (TPSA) is 121 Å². The molecule has 140 valence electrons. The maximum Gasteiger partial charge on any atom is 0.240 e. The van der Waals surface area contributed by atoms with Gasteiger partial charge < -0.3 is 4.74 Å².